The average molecular weight is 427 g/mol. The van der Waals surface area contributed by atoms with E-state index in [4.69, 9.17) is 5.10 Å². The number of nitro benzene ring substituents is 1. The molecule has 0 radical (unpaired) electrons. The van der Waals surface area contributed by atoms with Gasteiger partial charge in [-0.2, -0.15) is 5.10 Å². The van der Waals surface area contributed by atoms with Gasteiger partial charge < -0.3 is 5.32 Å². The van der Waals surface area contributed by atoms with E-state index in [0.717, 1.165) is 58.6 Å². The number of fused-ring (bicyclic) bond motifs is 1. The minimum absolute atomic E-state index is 0.0682. The van der Waals surface area contributed by atoms with Gasteiger partial charge in [-0.25, -0.2) is 4.68 Å². The van der Waals surface area contributed by atoms with Gasteiger partial charge in [-0.1, -0.05) is 34.1 Å². The summed E-state index contributed by atoms with van der Waals surface area (Å²) in [5, 5.41) is 19.6. The van der Waals surface area contributed by atoms with Crippen molar-refractivity contribution in [3.8, 4) is 16.9 Å². The van der Waals surface area contributed by atoms with Crippen molar-refractivity contribution in [2.75, 3.05) is 11.9 Å². The zero-order chi connectivity index (χ0) is 19.0. The third kappa shape index (κ3) is 3.35. The second-order valence-electron chi connectivity index (χ2n) is 6.71. The van der Waals surface area contributed by atoms with Crippen molar-refractivity contribution >= 4 is 27.4 Å². The lowest BCUT2D eigenvalue weighted by Gasteiger charge is -2.11. The number of nitro groups is 1. The largest absolute Gasteiger partial charge is 0.370 e. The van der Waals surface area contributed by atoms with Crippen LogP contribution in [0.15, 0.2) is 46.9 Å². The summed E-state index contributed by atoms with van der Waals surface area (Å²) < 4.78 is 2.85. The number of rotatable bonds is 3. The Morgan fingerprint density at radius 2 is 1.96 bits per heavy atom. The number of benzene rings is 2. The summed E-state index contributed by atoms with van der Waals surface area (Å²) in [5.41, 5.74) is 4.88. The molecule has 3 aromatic rings. The van der Waals surface area contributed by atoms with Gasteiger partial charge in [0, 0.05) is 34.3 Å². The first-order valence-electron chi connectivity index (χ1n) is 8.92. The molecule has 0 saturated carbocycles. The lowest BCUT2D eigenvalue weighted by molar-refractivity contribution is -0.384. The number of halogens is 1. The Balaban J connectivity index is 1.93. The molecule has 0 aliphatic carbocycles. The molecule has 6 nitrogen and oxygen atoms in total. The molecule has 0 unspecified atom stereocenters. The van der Waals surface area contributed by atoms with Crippen LogP contribution in [0.2, 0.25) is 0 Å². The number of nitrogens with zero attached hydrogens (tertiary/aromatic N) is 3. The SMILES string of the molecule is Cc1ccc([N+](=O)[O-])cc1-n1nc(-c2ccc(Br)cc2)c2c1NCCCC2. The van der Waals surface area contributed by atoms with Gasteiger partial charge in [-0.05, 0) is 43.9 Å². The van der Waals surface area contributed by atoms with Crippen LogP contribution in [0.25, 0.3) is 16.9 Å². The number of hydrogen-bond donors (Lipinski definition) is 1. The number of nitrogens with one attached hydrogen (secondary N) is 1. The number of aryl methyl sites for hydroxylation is 1. The van der Waals surface area contributed by atoms with E-state index in [9.17, 15) is 10.1 Å². The van der Waals surface area contributed by atoms with E-state index in [2.05, 4.69) is 21.2 Å². The van der Waals surface area contributed by atoms with Gasteiger partial charge in [0.15, 0.2) is 0 Å². The second-order valence-corrected chi connectivity index (χ2v) is 7.62. The van der Waals surface area contributed by atoms with Gasteiger partial charge >= 0.3 is 0 Å². The molecule has 2 heterocycles. The van der Waals surface area contributed by atoms with E-state index >= 15 is 0 Å². The van der Waals surface area contributed by atoms with Gasteiger partial charge in [0.25, 0.3) is 5.69 Å². The molecule has 4 rings (SSSR count). The van der Waals surface area contributed by atoms with Gasteiger partial charge in [-0.3, -0.25) is 10.1 Å². The molecule has 1 aromatic heterocycles. The second kappa shape index (κ2) is 7.15. The Bertz CT molecular complexity index is 1010. The minimum atomic E-state index is -0.367. The average Bonchev–Trinajstić information content (AvgIpc) is 2.84. The summed E-state index contributed by atoms with van der Waals surface area (Å²) in [4.78, 5) is 10.9. The van der Waals surface area contributed by atoms with Crippen LogP contribution < -0.4 is 5.32 Å². The van der Waals surface area contributed by atoms with Gasteiger partial charge in [0.1, 0.15) is 5.82 Å². The summed E-state index contributed by atoms with van der Waals surface area (Å²) in [6, 6.07) is 13.0. The van der Waals surface area contributed by atoms with Crippen LogP contribution in [-0.2, 0) is 6.42 Å². The van der Waals surface area contributed by atoms with Crippen molar-refractivity contribution in [3.63, 3.8) is 0 Å². The molecule has 1 N–H and O–H groups in total. The van der Waals surface area contributed by atoms with E-state index < -0.39 is 0 Å². The Labute approximate surface area is 165 Å². The molecular formula is C20H19BrN4O2. The predicted octanol–water partition coefficient (Wildman–Crippen LogP) is 5.27. The number of non-ortho nitro benzene ring substituents is 1. The van der Waals surface area contributed by atoms with Crippen molar-refractivity contribution in [1.82, 2.24) is 9.78 Å². The summed E-state index contributed by atoms with van der Waals surface area (Å²) >= 11 is 3.48. The predicted molar refractivity (Wildman–Crippen MR) is 110 cm³/mol. The van der Waals surface area contributed by atoms with E-state index in [0.29, 0.717) is 0 Å². The molecule has 0 amide bonds. The first-order valence-corrected chi connectivity index (χ1v) is 9.71. The summed E-state index contributed by atoms with van der Waals surface area (Å²) in [6.45, 7) is 2.82. The van der Waals surface area contributed by atoms with Crippen LogP contribution in [0.4, 0.5) is 11.5 Å². The highest BCUT2D eigenvalue weighted by Crippen LogP contribution is 2.35. The lowest BCUT2D eigenvalue weighted by Crippen LogP contribution is -2.08. The Morgan fingerprint density at radius 1 is 1.19 bits per heavy atom. The van der Waals surface area contributed by atoms with Gasteiger partial charge in [0.2, 0.25) is 0 Å². The van der Waals surface area contributed by atoms with Crippen LogP contribution in [-0.4, -0.2) is 21.2 Å². The summed E-state index contributed by atoms with van der Waals surface area (Å²) in [5.74, 6) is 0.939. The first-order chi connectivity index (χ1) is 13.0. The molecule has 2 aromatic carbocycles. The molecule has 0 bridgehead atoms. The maximum absolute atomic E-state index is 11.3. The topological polar surface area (TPSA) is 73.0 Å². The Morgan fingerprint density at radius 3 is 2.70 bits per heavy atom. The van der Waals surface area contributed by atoms with E-state index in [1.807, 2.05) is 35.9 Å². The van der Waals surface area contributed by atoms with Crippen molar-refractivity contribution < 1.29 is 4.92 Å². The molecule has 0 saturated heterocycles. The minimum Gasteiger partial charge on any atom is -0.370 e. The highest BCUT2D eigenvalue weighted by atomic mass is 79.9. The molecule has 1 aliphatic heterocycles. The van der Waals surface area contributed by atoms with E-state index in [1.165, 1.54) is 11.6 Å². The quantitative estimate of drug-likeness (QED) is 0.457. The number of hydrogen-bond acceptors (Lipinski definition) is 4. The van der Waals surface area contributed by atoms with Crippen LogP contribution in [0.5, 0.6) is 0 Å². The third-order valence-corrected chi connectivity index (χ3v) is 5.41. The number of anilines is 1. The van der Waals surface area contributed by atoms with Crippen molar-refractivity contribution in [1.29, 1.82) is 0 Å². The first kappa shape index (κ1) is 17.7. The zero-order valence-electron chi connectivity index (χ0n) is 14.9. The zero-order valence-corrected chi connectivity index (χ0v) is 16.5. The Hall–Kier alpha value is -2.67. The van der Waals surface area contributed by atoms with Gasteiger partial charge in [0.05, 0.1) is 16.3 Å². The molecule has 0 atom stereocenters. The normalized spacial score (nSPS) is 13.6. The maximum atomic E-state index is 11.3. The van der Waals surface area contributed by atoms with Crippen LogP contribution >= 0.6 is 15.9 Å². The molecule has 7 heteroatoms. The Kier molecular flexibility index (Phi) is 4.70. The van der Waals surface area contributed by atoms with E-state index in [-0.39, 0.29) is 10.6 Å². The van der Waals surface area contributed by atoms with Crippen LogP contribution in [0, 0.1) is 17.0 Å². The molecule has 27 heavy (non-hydrogen) atoms. The monoisotopic (exact) mass is 426 g/mol. The summed E-state index contributed by atoms with van der Waals surface area (Å²) in [6.07, 6.45) is 3.10. The maximum Gasteiger partial charge on any atom is 0.271 e. The van der Waals surface area contributed by atoms with Crippen LogP contribution in [0.3, 0.4) is 0 Å². The van der Waals surface area contributed by atoms with Gasteiger partial charge in [-0.15, -0.1) is 0 Å². The third-order valence-electron chi connectivity index (χ3n) is 4.88. The fourth-order valence-corrected chi connectivity index (χ4v) is 3.72. The highest BCUT2D eigenvalue weighted by Gasteiger charge is 2.23. The summed E-state index contributed by atoms with van der Waals surface area (Å²) in [7, 11) is 0. The fourth-order valence-electron chi connectivity index (χ4n) is 3.46. The lowest BCUT2D eigenvalue weighted by atomic mass is 10.0. The van der Waals surface area contributed by atoms with E-state index in [1.54, 1.807) is 12.1 Å². The molecule has 0 fully saturated rings. The highest BCUT2D eigenvalue weighted by molar-refractivity contribution is 9.10. The number of aromatic nitrogens is 2. The molecule has 1 aliphatic rings. The molecule has 0 spiro atoms. The van der Waals surface area contributed by atoms with Crippen LogP contribution in [0.1, 0.15) is 24.0 Å². The van der Waals surface area contributed by atoms with Crippen molar-refractivity contribution in [3.05, 3.63) is 68.2 Å². The van der Waals surface area contributed by atoms with Crippen molar-refractivity contribution in [2.24, 2.45) is 0 Å². The standard InChI is InChI=1S/C20H19BrN4O2/c1-13-5-10-16(25(26)27)12-18(13)24-20-17(4-2-3-11-22-20)19(23-24)14-6-8-15(21)9-7-14/h5-10,12,22H,2-4,11H2,1H3. The fraction of sp³-hybridized carbons (Fsp3) is 0.250. The molecule has 138 valence electrons. The smallest absolute Gasteiger partial charge is 0.271 e. The molecular weight excluding hydrogens is 408 g/mol. The van der Waals surface area contributed by atoms with Crippen molar-refractivity contribution in [2.45, 2.75) is 26.2 Å².